The maximum atomic E-state index is 12.1. The molecule has 0 aliphatic heterocycles. The fraction of sp³-hybridized carbons (Fsp3) is 0.188. The Bertz CT molecular complexity index is 739. The van der Waals surface area contributed by atoms with Crippen molar-refractivity contribution in [1.29, 1.82) is 0 Å². The molecule has 5 nitrogen and oxygen atoms in total. The van der Waals surface area contributed by atoms with Gasteiger partial charge in [0.1, 0.15) is 0 Å². The summed E-state index contributed by atoms with van der Waals surface area (Å²) >= 11 is 0. The number of carbonyl (C=O) groups excluding carboxylic acids is 1. The van der Waals surface area contributed by atoms with Gasteiger partial charge in [0.15, 0.2) is 0 Å². The second-order valence-electron chi connectivity index (χ2n) is 5.15. The van der Waals surface area contributed by atoms with Crippen molar-refractivity contribution in [2.45, 2.75) is 24.7 Å². The van der Waals surface area contributed by atoms with E-state index in [1.54, 1.807) is 42.5 Å². The smallest absolute Gasteiger partial charge is 0.266 e. The van der Waals surface area contributed by atoms with Crippen LogP contribution in [0, 0.1) is 0 Å². The summed E-state index contributed by atoms with van der Waals surface area (Å²) in [5.41, 5.74) is 3.62. The lowest BCUT2D eigenvalue weighted by Crippen LogP contribution is -2.41. The minimum Gasteiger partial charge on any atom is -0.273 e. The highest BCUT2D eigenvalue weighted by molar-refractivity contribution is 7.89. The first kappa shape index (κ1) is 16.2. The number of sulfonamides is 1. The third kappa shape index (κ3) is 3.93. The average molecular weight is 318 g/mol. The van der Waals surface area contributed by atoms with Crippen LogP contribution < -0.4 is 10.3 Å². The summed E-state index contributed by atoms with van der Waals surface area (Å²) in [5.74, 6) is -0.189. The molecule has 0 fully saturated rings. The Kier molecular flexibility index (Phi) is 4.95. The van der Waals surface area contributed by atoms with Crippen LogP contribution in [-0.2, 0) is 10.0 Å². The van der Waals surface area contributed by atoms with E-state index in [1.165, 1.54) is 12.1 Å². The number of nitrogens with one attached hydrogen (secondary N) is 2. The largest absolute Gasteiger partial charge is 0.273 e. The molecule has 0 atom stereocenters. The second kappa shape index (κ2) is 6.72. The maximum Gasteiger partial charge on any atom is 0.266 e. The van der Waals surface area contributed by atoms with Gasteiger partial charge in [-0.25, -0.2) is 8.42 Å². The first-order valence-corrected chi connectivity index (χ1v) is 8.35. The highest BCUT2D eigenvalue weighted by Gasteiger charge is 2.15. The Morgan fingerprint density at radius 1 is 0.955 bits per heavy atom. The van der Waals surface area contributed by atoms with E-state index in [2.05, 4.69) is 10.3 Å². The van der Waals surface area contributed by atoms with Crippen LogP contribution in [0.5, 0.6) is 0 Å². The molecule has 1 amide bonds. The van der Waals surface area contributed by atoms with Gasteiger partial charge in [0, 0.05) is 5.56 Å². The van der Waals surface area contributed by atoms with Crippen LogP contribution in [0.4, 0.5) is 0 Å². The summed E-state index contributed by atoms with van der Waals surface area (Å²) < 4.78 is 24.2. The highest BCUT2D eigenvalue weighted by atomic mass is 32.2. The van der Waals surface area contributed by atoms with E-state index in [-0.39, 0.29) is 4.90 Å². The quantitative estimate of drug-likeness (QED) is 0.831. The van der Waals surface area contributed by atoms with Gasteiger partial charge >= 0.3 is 0 Å². The molecule has 6 heteroatoms. The molecular weight excluding hydrogens is 300 g/mol. The van der Waals surface area contributed by atoms with Crippen LogP contribution in [-0.4, -0.2) is 14.3 Å². The first-order chi connectivity index (χ1) is 10.4. The number of amides is 1. The molecule has 2 aromatic carbocycles. The van der Waals surface area contributed by atoms with E-state index in [9.17, 15) is 13.2 Å². The molecule has 0 saturated heterocycles. The van der Waals surface area contributed by atoms with Crippen molar-refractivity contribution in [3.63, 3.8) is 0 Å². The predicted molar refractivity (Wildman–Crippen MR) is 84.8 cm³/mol. The number of benzene rings is 2. The molecule has 2 aromatic rings. The third-order valence-electron chi connectivity index (χ3n) is 3.19. The molecular formula is C16H18N2O3S. The summed E-state index contributed by atoms with van der Waals surface area (Å²) in [6.45, 7) is 4.06. The molecule has 0 bridgehead atoms. The van der Waals surface area contributed by atoms with Gasteiger partial charge in [-0.2, -0.15) is 0 Å². The van der Waals surface area contributed by atoms with Crippen LogP contribution in [0.1, 0.15) is 35.7 Å². The Labute approximate surface area is 130 Å². The van der Waals surface area contributed by atoms with Crippen molar-refractivity contribution < 1.29 is 13.2 Å². The predicted octanol–water partition coefficient (Wildman–Crippen LogP) is 2.43. The second-order valence-corrected chi connectivity index (χ2v) is 6.83. The van der Waals surface area contributed by atoms with Crippen molar-refractivity contribution in [3.8, 4) is 0 Å². The molecule has 0 heterocycles. The van der Waals surface area contributed by atoms with Gasteiger partial charge < -0.3 is 0 Å². The van der Waals surface area contributed by atoms with E-state index in [4.69, 9.17) is 0 Å². The zero-order valence-corrected chi connectivity index (χ0v) is 13.2. The summed E-state index contributed by atoms with van der Waals surface area (Å²) in [6, 6.07) is 14.9. The summed E-state index contributed by atoms with van der Waals surface area (Å²) in [5, 5.41) is 0. The minimum atomic E-state index is -3.79. The van der Waals surface area contributed by atoms with Gasteiger partial charge in [0.05, 0.1) is 4.90 Å². The normalized spacial score (nSPS) is 11.4. The Morgan fingerprint density at radius 2 is 1.55 bits per heavy atom. The van der Waals surface area contributed by atoms with Gasteiger partial charge in [0.2, 0.25) is 0 Å². The number of hydrogen-bond acceptors (Lipinski definition) is 3. The van der Waals surface area contributed by atoms with Gasteiger partial charge in [0.25, 0.3) is 15.9 Å². The van der Waals surface area contributed by atoms with Gasteiger partial charge in [-0.05, 0) is 35.7 Å². The minimum absolute atomic E-state index is 0.102. The van der Waals surface area contributed by atoms with Crippen molar-refractivity contribution >= 4 is 15.9 Å². The Hall–Kier alpha value is -2.18. The topological polar surface area (TPSA) is 75.3 Å². The zero-order valence-electron chi connectivity index (χ0n) is 12.4. The van der Waals surface area contributed by atoms with Crippen molar-refractivity contribution in [2.75, 3.05) is 0 Å². The van der Waals surface area contributed by atoms with E-state index in [0.29, 0.717) is 11.5 Å². The fourth-order valence-corrected chi connectivity index (χ4v) is 2.71. The maximum absolute atomic E-state index is 12.1. The van der Waals surface area contributed by atoms with Crippen LogP contribution in [0.15, 0.2) is 59.5 Å². The summed E-state index contributed by atoms with van der Waals surface area (Å²) in [4.78, 5) is 14.0. The Morgan fingerprint density at radius 3 is 2.09 bits per heavy atom. The average Bonchev–Trinajstić information content (AvgIpc) is 2.53. The Balaban J connectivity index is 2.06. The molecule has 0 spiro atoms. The molecule has 0 radical (unpaired) electrons. The third-order valence-corrected chi connectivity index (χ3v) is 4.46. The number of hydrogen-bond donors (Lipinski definition) is 2. The van der Waals surface area contributed by atoms with Crippen molar-refractivity contribution in [2.24, 2.45) is 0 Å². The van der Waals surface area contributed by atoms with Crippen LogP contribution in [0.2, 0.25) is 0 Å². The van der Waals surface area contributed by atoms with Gasteiger partial charge in [-0.1, -0.05) is 44.2 Å². The van der Waals surface area contributed by atoms with Gasteiger partial charge in [-0.3, -0.25) is 10.2 Å². The lowest BCUT2D eigenvalue weighted by Gasteiger charge is -2.10. The molecule has 0 aliphatic carbocycles. The van der Waals surface area contributed by atoms with E-state index in [0.717, 1.165) is 5.56 Å². The molecule has 0 unspecified atom stereocenters. The van der Waals surface area contributed by atoms with Crippen molar-refractivity contribution in [3.05, 3.63) is 65.7 Å². The monoisotopic (exact) mass is 318 g/mol. The lowest BCUT2D eigenvalue weighted by atomic mass is 10.0. The van der Waals surface area contributed by atoms with E-state index >= 15 is 0 Å². The molecule has 0 aliphatic rings. The fourth-order valence-electron chi connectivity index (χ4n) is 1.87. The summed E-state index contributed by atoms with van der Waals surface area (Å²) in [6.07, 6.45) is 0. The van der Waals surface area contributed by atoms with Crippen LogP contribution in [0.3, 0.4) is 0 Å². The molecule has 22 heavy (non-hydrogen) atoms. The van der Waals surface area contributed by atoms with Crippen LogP contribution >= 0.6 is 0 Å². The SMILES string of the molecule is CC(C)c1ccc(S(=O)(=O)NNC(=O)c2ccccc2)cc1. The standard InChI is InChI=1S/C16H18N2O3S/c1-12(2)13-8-10-15(11-9-13)22(20,21)18-17-16(19)14-6-4-3-5-7-14/h3-12,18H,1-2H3,(H,17,19). The lowest BCUT2D eigenvalue weighted by molar-refractivity contribution is 0.0945. The number of hydrazine groups is 1. The molecule has 2 rings (SSSR count). The highest BCUT2D eigenvalue weighted by Crippen LogP contribution is 2.16. The summed E-state index contributed by atoms with van der Waals surface area (Å²) in [7, 11) is -3.79. The van der Waals surface area contributed by atoms with Crippen LogP contribution in [0.25, 0.3) is 0 Å². The van der Waals surface area contributed by atoms with Crippen molar-refractivity contribution in [1.82, 2.24) is 10.3 Å². The molecule has 2 N–H and O–H groups in total. The van der Waals surface area contributed by atoms with E-state index in [1.807, 2.05) is 13.8 Å². The molecule has 0 saturated carbocycles. The first-order valence-electron chi connectivity index (χ1n) is 6.87. The number of rotatable bonds is 5. The van der Waals surface area contributed by atoms with Gasteiger partial charge in [-0.15, -0.1) is 4.83 Å². The molecule has 116 valence electrons. The zero-order chi connectivity index (χ0) is 16.2. The molecule has 0 aromatic heterocycles. The van der Waals surface area contributed by atoms with E-state index < -0.39 is 15.9 Å². The number of carbonyl (C=O) groups is 1.